The van der Waals surface area contributed by atoms with Crippen LogP contribution in [0.15, 0.2) is 29.8 Å². The van der Waals surface area contributed by atoms with E-state index in [-0.39, 0.29) is 28.8 Å². The van der Waals surface area contributed by atoms with Gasteiger partial charge in [0.15, 0.2) is 17.3 Å². The van der Waals surface area contributed by atoms with E-state index in [2.05, 4.69) is 25.4 Å². The second-order valence-electron chi connectivity index (χ2n) is 5.84. The first-order valence-corrected chi connectivity index (χ1v) is 10.1. The van der Waals surface area contributed by atoms with Crippen molar-refractivity contribution in [1.82, 2.24) is 15.4 Å². The molecule has 1 aromatic carbocycles. The number of halogens is 1. The maximum atomic E-state index is 12.1. The van der Waals surface area contributed by atoms with E-state index in [1.807, 2.05) is 5.48 Å². The molecule has 0 aliphatic heterocycles. The lowest BCUT2D eigenvalue weighted by molar-refractivity contribution is -0.117. The molecular formula is C19H18ClN5O6S. The van der Waals surface area contributed by atoms with Crippen LogP contribution in [-0.4, -0.2) is 43.7 Å². The number of carbonyl (C=O) groups is 2. The van der Waals surface area contributed by atoms with E-state index in [1.165, 1.54) is 44.9 Å². The summed E-state index contributed by atoms with van der Waals surface area (Å²) in [4.78, 5) is 35.5. The Bertz CT molecular complexity index is 1100. The van der Waals surface area contributed by atoms with E-state index in [9.17, 15) is 9.59 Å². The number of ether oxygens (including phenoxy) is 3. The molecule has 168 valence electrons. The topological polar surface area (TPSA) is 133 Å². The molecule has 0 aliphatic rings. The lowest BCUT2D eigenvalue weighted by atomic mass is 10.2. The summed E-state index contributed by atoms with van der Waals surface area (Å²) in [7, 11) is 4.53. The Morgan fingerprint density at radius 3 is 2.47 bits per heavy atom. The molecule has 0 radical (unpaired) electrons. The SMILES string of the molecule is COc1cc(Nc2ncc(Cl)c(Nc3sccc3C(=O)ONC=O)n2)cc(OC)c1OC. The highest BCUT2D eigenvalue weighted by Gasteiger charge is 2.18. The highest BCUT2D eigenvalue weighted by atomic mass is 35.5. The van der Waals surface area contributed by atoms with Gasteiger partial charge in [0.2, 0.25) is 18.1 Å². The second kappa shape index (κ2) is 10.5. The molecule has 0 atom stereocenters. The van der Waals surface area contributed by atoms with Crippen LogP contribution in [0.25, 0.3) is 0 Å². The number of methoxy groups -OCH3 is 3. The van der Waals surface area contributed by atoms with E-state index in [4.69, 9.17) is 25.8 Å². The molecule has 2 heterocycles. The van der Waals surface area contributed by atoms with Crippen LogP contribution in [0.4, 0.5) is 22.5 Å². The molecule has 0 unspecified atom stereocenters. The van der Waals surface area contributed by atoms with Crippen molar-refractivity contribution in [1.29, 1.82) is 0 Å². The van der Waals surface area contributed by atoms with E-state index >= 15 is 0 Å². The molecule has 0 spiro atoms. The fourth-order valence-corrected chi connectivity index (χ4v) is 3.52. The van der Waals surface area contributed by atoms with Crippen molar-refractivity contribution < 1.29 is 28.6 Å². The number of benzene rings is 1. The fourth-order valence-electron chi connectivity index (χ4n) is 2.60. The third-order valence-electron chi connectivity index (χ3n) is 3.98. The summed E-state index contributed by atoms with van der Waals surface area (Å²) >= 11 is 7.45. The molecule has 2 aromatic heterocycles. The summed E-state index contributed by atoms with van der Waals surface area (Å²) in [5.41, 5.74) is 2.63. The van der Waals surface area contributed by atoms with Gasteiger partial charge in [0.25, 0.3) is 0 Å². The quantitative estimate of drug-likeness (QED) is 0.293. The molecule has 13 heteroatoms. The predicted octanol–water partition coefficient (Wildman–Crippen LogP) is 3.52. The van der Waals surface area contributed by atoms with Crippen molar-refractivity contribution in [3.8, 4) is 17.2 Å². The number of nitrogens with one attached hydrogen (secondary N) is 3. The Labute approximate surface area is 191 Å². The number of aromatic nitrogens is 2. The standard InChI is InChI=1S/C19H18ClN5O6S/c1-28-13-6-10(7-14(29-2)15(13)30-3)23-19-21-8-12(20)16(25-19)24-17-11(4-5-32-17)18(27)31-22-9-26/h4-9H,1-3H3,(H,22,26)(H2,21,23,24,25). The number of rotatable bonds is 10. The predicted molar refractivity (Wildman–Crippen MR) is 119 cm³/mol. The Balaban J connectivity index is 1.86. The Kier molecular flexibility index (Phi) is 7.52. The second-order valence-corrected chi connectivity index (χ2v) is 7.17. The van der Waals surface area contributed by atoms with Gasteiger partial charge in [-0.05, 0) is 11.4 Å². The molecule has 0 saturated carbocycles. The van der Waals surface area contributed by atoms with Crippen molar-refractivity contribution in [3.63, 3.8) is 0 Å². The van der Waals surface area contributed by atoms with Crippen molar-refractivity contribution in [2.24, 2.45) is 0 Å². The zero-order chi connectivity index (χ0) is 23.1. The van der Waals surface area contributed by atoms with E-state index < -0.39 is 5.97 Å². The maximum Gasteiger partial charge on any atom is 0.365 e. The van der Waals surface area contributed by atoms with E-state index in [0.717, 1.165) is 0 Å². The minimum Gasteiger partial charge on any atom is -0.493 e. The first kappa shape index (κ1) is 22.9. The van der Waals surface area contributed by atoms with E-state index in [1.54, 1.807) is 17.5 Å². The van der Waals surface area contributed by atoms with Crippen molar-refractivity contribution in [2.45, 2.75) is 0 Å². The fraction of sp³-hybridized carbons (Fsp3) is 0.158. The van der Waals surface area contributed by atoms with Crippen molar-refractivity contribution in [3.05, 3.63) is 40.4 Å². The van der Waals surface area contributed by atoms with Gasteiger partial charge in [0.1, 0.15) is 10.0 Å². The van der Waals surface area contributed by atoms with E-state index in [0.29, 0.717) is 27.9 Å². The number of thiophene rings is 1. The molecule has 0 saturated heterocycles. The Hall–Kier alpha value is -3.77. The van der Waals surface area contributed by atoms with Gasteiger partial charge >= 0.3 is 5.97 Å². The molecule has 3 rings (SSSR count). The van der Waals surface area contributed by atoms with Crippen LogP contribution in [-0.2, 0) is 9.63 Å². The molecular weight excluding hydrogens is 462 g/mol. The average molecular weight is 480 g/mol. The van der Waals surface area contributed by atoms with Crippen LogP contribution in [0.1, 0.15) is 10.4 Å². The van der Waals surface area contributed by atoms with Gasteiger partial charge in [-0.1, -0.05) is 11.6 Å². The van der Waals surface area contributed by atoms with Gasteiger partial charge in [-0.3, -0.25) is 4.79 Å². The van der Waals surface area contributed by atoms with Crippen LogP contribution < -0.4 is 30.3 Å². The van der Waals surface area contributed by atoms with Gasteiger partial charge in [-0.2, -0.15) is 10.5 Å². The summed E-state index contributed by atoms with van der Waals surface area (Å²) in [6.07, 6.45) is 1.65. The number of hydroxylamine groups is 1. The highest BCUT2D eigenvalue weighted by molar-refractivity contribution is 7.14. The van der Waals surface area contributed by atoms with Crippen LogP contribution in [0.3, 0.4) is 0 Å². The number of amides is 1. The minimum atomic E-state index is -0.748. The summed E-state index contributed by atoms with van der Waals surface area (Å²) < 4.78 is 16.0. The Morgan fingerprint density at radius 2 is 1.84 bits per heavy atom. The van der Waals surface area contributed by atoms with Gasteiger partial charge < -0.3 is 29.7 Å². The monoisotopic (exact) mass is 479 g/mol. The van der Waals surface area contributed by atoms with Crippen LogP contribution in [0.5, 0.6) is 17.2 Å². The molecule has 0 bridgehead atoms. The lowest BCUT2D eigenvalue weighted by Gasteiger charge is -2.15. The molecule has 3 aromatic rings. The minimum absolute atomic E-state index is 0.193. The number of carbonyl (C=O) groups excluding carboxylic acids is 2. The third kappa shape index (κ3) is 5.10. The summed E-state index contributed by atoms with van der Waals surface area (Å²) in [6, 6.07) is 4.92. The number of anilines is 4. The average Bonchev–Trinajstić information content (AvgIpc) is 3.27. The van der Waals surface area contributed by atoms with Gasteiger partial charge in [-0.25, -0.2) is 9.78 Å². The highest BCUT2D eigenvalue weighted by Crippen LogP contribution is 2.40. The van der Waals surface area contributed by atoms with Crippen molar-refractivity contribution in [2.75, 3.05) is 32.0 Å². The van der Waals surface area contributed by atoms with Gasteiger partial charge in [-0.15, -0.1) is 11.3 Å². The molecule has 1 amide bonds. The van der Waals surface area contributed by atoms with Gasteiger partial charge in [0.05, 0.1) is 33.1 Å². The summed E-state index contributed by atoms with van der Waals surface area (Å²) in [5.74, 6) is 1.06. The molecule has 11 nitrogen and oxygen atoms in total. The first-order valence-electron chi connectivity index (χ1n) is 8.85. The molecule has 0 fully saturated rings. The largest absolute Gasteiger partial charge is 0.493 e. The number of hydrogen-bond acceptors (Lipinski definition) is 11. The molecule has 3 N–H and O–H groups in total. The lowest BCUT2D eigenvalue weighted by Crippen LogP contribution is -2.18. The van der Waals surface area contributed by atoms with Gasteiger partial charge in [0, 0.05) is 17.8 Å². The van der Waals surface area contributed by atoms with Crippen molar-refractivity contribution >= 4 is 57.8 Å². The first-order chi connectivity index (χ1) is 15.5. The molecule has 32 heavy (non-hydrogen) atoms. The summed E-state index contributed by atoms with van der Waals surface area (Å²) in [6.45, 7) is 0. The Morgan fingerprint density at radius 1 is 1.12 bits per heavy atom. The van der Waals surface area contributed by atoms with Crippen LogP contribution in [0, 0.1) is 0 Å². The normalized spacial score (nSPS) is 10.1. The maximum absolute atomic E-state index is 12.1. The van der Waals surface area contributed by atoms with Crippen LogP contribution >= 0.6 is 22.9 Å². The zero-order valence-electron chi connectivity index (χ0n) is 17.1. The number of nitrogens with zero attached hydrogens (tertiary/aromatic N) is 2. The van der Waals surface area contributed by atoms with Crippen LogP contribution in [0.2, 0.25) is 5.02 Å². The third-order valence-corrected chi connectivity index (χ3v) is 5.09. The zero-order valence-corrected chi connectivity index (χ0v) is 18.7. The molecule has 0 aliphatic carbocycles. The smallest absolute Gasteiger partial charge is 0.365 e. The number of hydrogen-bond donors (Lipinski definition) is 3. The summed E-state index contributed by atoms with van der Waals surface area (Å²) in [5, 5.41) is 8.33.